The highest BCUT2D eigenvalue weighted by Crippen LogP contribution is 2.29. The third-order valence-corrected chi connectivity index (χ3v) is 2.83. The van der Waals surface area contributed by atoms with Gasteiger partial charge in [0.05, 0.1) is 0 Å². The predicted octanol–water partition coefficient (Wildman–Crippen LogP) is 3.32. The van der Waals surface area contributed by atoms with Gasteiger partial charge in [-0.15, -0.1) is 0 Å². The van der Waals surface area contributed by atoms with Crippen LogP contribution < -0.4 is 5.73 Å². The molecule has 0 atom stereocenters. The van der Waals surface area contributed by atoms with Gasteiger partial charge in [-0.2, -0.15) is 0 Å². The summed E-state index contributed by atoms with van der Waals surface area (Å²) in [5.41, 5.74) is 6.35. The standard InChI is InChI=1S/C10H7BrFN/c11-10-8-3-2-7(12)5-6(8)1-4-9(10)13/h1-5H,13H2. The van der Waals surface area contributed by atoms with E-state index in [0.29, 0.717) is 5.69 Å². The lowest BCUT2D eigenvalue weighted by molar-refractivity contribution is 0.630. The Kier molecular flexibility index (Phi) is 1.96. The third-order valence-electron chi connectivity index (χ3n) is 1.95. The van der Waals surface area contributed by atoms with Crippen molar-refractivity contribution >= 4 is 32.4 Å². The molecule has 0 saturated heterocycles. The fourth-order valence-electron chi connectivity index (χ4n) is 1.28. The first-order chi connectivity index (χ1) is 6.18. The summed E-state index contributed by atoms with van der Waals surface area (Å²) >= 11 is 3.36. The zero-order chi connectivity index (χ0) is 9.42. The first kappa shape index (κ1) is 8.51. The fourth-order valence-corrected chi connectivity index (χ4v) is 1.77. The average molecular weight is 240 g/mol. The van der Waals surface area contributed by atoms with Crippen LogP contribution in [0.15, 0.2) is 34.8 Å². The quantitative estimate of drug-likeness (QED) is 0.702. The van der Waals surface area contributed by atoms with Crippen molar-refractivity contribution in [3.05, 3.63) is 40.6 Å². The molecule has 0 aliphatic carbocycles. The van der Waals surface area contributed by atoms with Crippen LogP contribution in [-0.4, -0.2) is 0 Å². The average Bonchev–Trinajstić information content (AvgIpc) is 2.12. The van der Waals surface area contributed by atoms with E-state index in [0.717, 1.165) is 15.2 Å². The van der Waals surface area contributed by atoms with Gasteiger partial charge in [0.2, 0.25) is 0 Å². The van der Waals surface area contributed by atoms with E-state index in [-0.39, 0.29) is 5.82 Å². The van der Waals surface area contributed by atoms with E-state index in [9.17, 15) is 4.39 Å². The molecule has 1 nitrogen and oxygen atoms in total. The highest BCUT2D eigenvalue weighted by molar-refractivity contribution is 9.10. The van der Waals surface area contributed by atoms with Crippen molar-refractivity contribution in [2.45, 2.75) is 0 Å². The molecular formula is C10H7BrFN. The molecule has 2 aromatic carbocycles. The van der Waals surface area contributed by atoms with E-state index < -0.39 is 0 Å². The monoisotopic (exact) mass is 239 g/mol. The maximum absolute atomic E-state index is 12.8. The van der Waals surface area contributed by atoms with Crippen molar-refractivity contribution in [3.8, 4) is 0 Å². The first-order valence-corrected chi connectivity index (χ1v) is 4.61. The van der Waals surface area contributed by atoms with Gasteiger partial charge in [0.15, 0.2) is 0 Å². The minimum atomic E-state index is -0.232. The SMILES string of the molecule is Nc1ccc2cc(F)ccc2c1Br. The number of anilines is 1. The molecule has 0 aliphatic heterocycles. The number of nitrogens with two attached hydrogens (primary N) is 1. The summed E-state index contributed by atoms with van der Waals surface area (Å²) in [5.74, 6) is -0.232. The second kappa shape index (κ2) is 3.00. The maximum atomic E-state index is 12.8. The van der Waals surface area contributed by atoms with Gasteiger partial charge in [0, 0.05) is 10.2 Å². The van der Waals surface area contributed by atoms with E-state index in [1.165, 1.54) is 12.1 Å². The molecule has 0 unspecified atom stereocenters. The smallest absolute Gasteiger partial charge is 0.123 e. The van der Waals surface area contributed by atoms with E-state index in [2.05, 4.69) is 15.9 Å². The topological polar surface area (TPSA) is 26.0 Å². The molecule has 13 heavy (non-hydrogen) atoms. The van der Waals surface area contributed by atoms with Crippen molar-refractivity contribution in [1.82, 2.24) is 0 Å². The summed E-state index contributed by atoms with van der Waals surface area (Å²) in [4.78, 5) is 0. The van der Waals surface area contributed by atoms with Gasteiger partial charge in [-0.05, 0) is 44.9 Å². The van der Waals surface area contributed by atoms with Crippen LogP contribution in [0.4, 0.5) is 10.1 Å². The second-order valence-electron chi connectivity index (χ2n) is 2.83. The zero-order valence-corrected chi connectivity index (χ0v) is 8.31. The lowest BCUT2D eigenvalue weighted by Gasteiger charge is -2.03. The number of hydrogen-bond donors (Lipinski definition) is 1. The lowest BCUT2D eigenvalue weighted by Crippen LogP contribution is -1.87. The largest absolute Gasteiger partial charge is 0.398 e. The first-order valence-electron chi connectivity index (χ1n) is 3.82. The third kappa shape index (κ3) is 1.40. The molecule has 2 rings (SSSR count). The molecule has 0 spiro atoms. The molecule has 0 heterocycles. The Morgan fingerprint density at radius 1 is 1.15 bits per heavy atom. The van der Waals surface area contributed by atoms with Crippen molar-refractivity contribution in [2.75, 3.05) is 5.73 Å². The molecule has 66 valence electrons. The number of halogens is 2. The maximum Gasteiger partial charge on any atom is 0.123 e. The van der Waals surface area contributed by atoms with Crippen molar-refractivity contribution in [1.29, 1.82) is 0 Å². The van der Waals surface area contributed by atoms with Gasteiger partial charge in [-0.1, -0.05) is 12.1 Å². The number of benzene rings is 2. The molecule has 0 radical (unpaired) electrons. The Labute approximate surface area is 83.5 Å². The molecule has 0 aromatic heterocycles. The van der Waals surface area contributed by atoms with Crippen LogP contribution in [0, 0.1) is 5.82 Å². The number of fused-ring (bicyclic) bond motifs is 1. The molecule has 0 fully saturated rings. The molecule has 3 heteroatoms. The van der Waals surface area contributed by atoms with Gasteiger partial charge >= 0.3 is 0 Å². The van der Waals surface area contributed by atoms with E-state index in [4.69, 9.17) is 5.73 Å². The van der Waals surface area contributed by atoms with Crippen LogP contribution >= 0.6 is 15.9 Å². The molecule has 0 saturated carbocycles. The highest BCUT2D eigenvalue weighted by atomic mass is 79.9. The molecule has 0 amide bonds. The highest BCUT2D eigenvalue weighted by Gasteiger charge is 2.02. The van der Waals surface area contributed by atoms with Gasteiger partial charge in [-0.25, -0.2) is 4.39 Å². The summed E-state index contributed by atoms with van der Waals surface area (Å²) in [6.45, 7) is 0. The lowest BCUT2D eigenvalue weighted by atomic mass is 10.1. The van der Waals surface area contributed by atoms with Gasteiger partial charge < -0.3 is 5.73 Å². The fraction of sp³-hybridized carbons (Fsp3) is 0. The summed E-state index contributed by atoms with van der Waals surface area (Å²) in [5, 5.41) is 1.78. The Bertz CT molecular complexity index is 468. The predicted molar refractivity (Wildman–Crippen MR) is 56.0 cm³/mol. The number of nitrogen functional groups attached to an aromatic ring is 1. The van der Waals surface area contributed by atoms with Crippen LogP contribution in [-0.2, 0) is 0 Å². The molecule has 2 aromatic rings. The summed E-state index contributed by atoms with van der Waals surface area (Å²) in [7, 11) is 0. The Balaban J connectivity index is 2.87. The Morgan fingerprint density at radius 2 is 1.92 bits per heavy atom. The molecular weight excluding hydrogens is 233 g/mol. The minimum Gasteiger partial charge on any atom is -0.398 e. The van der Waals surface area contributed by atoms with Gasteiger partial charge in [0.25, 0.3) is 0 Å². The van der Waals surface area contributed by atoms with Crippen LogP contribution in [0.1, 0.15) is 0 Å². The normalized spacial score (nSPS) is 10.6. The minimum absolute atomic E-state index is 0.232. The zero-order valence-electron chi connectivity index (χ0n) is 6.72. The van der Waals surface area contributed by atoms with Crippen LogP contribution in [0.3, 0.4) is 0 Å². The second-order valence-corrected chi connectivity index (χ2v) is 3.63. The van der Waals surface area contributed by atoms with Crippen molar-refractivity contribution in [2.24, 2.45) is 0 Å². The molecule has 2 N–H and O–H groups in total. The van der Waals surface area contributed by atoms with Crippen LogP contribution in [0.2, 0.25) is 0 Å². The van der Waals surface area contributed by atoms with Crippen molar-refractivity contribution < 1.29 is 4.39 Å². The number of hydrogen-bond acceptors (Lipinski definition) is 1. The van der Waals surface area contributed by atoms with Crippen molar-refractivity contribution in [3.63, 3.8) is 0 Å². The van der Waals surface area contributed by atoms with E-state index >= 15 is 0 Å². The molecule has 0 bridgehead atoms. The summed E-state index contributed by atoms with van der Waals surface area (Å²) in [6.07, 6.45) is 0. The van der Waals surface area contributed by atoms with Gasteiger partial charge in [-0.3, -0.25) is 0 Å². The molecule has 0 aliphatic rings. The van der Waals surface area contributed by atoms with Gasteiger partial charge in [0.1, 0.15) is 5.82 Å². The Hall–Kier alpha value is -1.09. The van der Waals surface area contributed by atoms with Crippen LogP contribution in [0.25, 0.3) is 10.8 Å². The summed E-state index contributed by atoms with van der Waals surface area (Å²) in [6, 6.07) is 8.18. The van der Waals surface area contributed by atoms with Crippen LogP contribution in [0.5, 0.6) is 0 Å². The van der Waals surface area contributed by atoms with E-state index in [1.54, 1.807) is 18.2 Å². The Morgan fingerprint density at radius 3 is 2.69 bits per heavy atom. The van der Waals surface area contributed by atoms with E-state index in [1.807, 2.05) is 0 Å². The summed E-state index contributed by atoms with van der Waals surface area (Å²) < 4.78 is 13.6. The number of rotatable bonds is 0.